The standard InChI is InChI=1S/C15H20ClN3O2.ClH/c1-10(17)14(20)18-13-9-11(16)5-6-12(13)15(21)19-7-3-2-4-8-19;/h5-6,9-10H,2-4,7-8,17H2,1H3,(H,18,20);1H/t10-;/m0./s1. The normalized spacial score (nSPS) is 15.7. The summed E-state index contributed by atoms with van der Waals surface area (Å²) in [4.78, 5) is 26.2. The second kappa shape index (κ2) is 8.36. The fraction of sp³-hybridized carbons (Fsp3) is 0.467. The first-order valence-electron chi connectivity index (χ1n) is 7.14. The SMILES string of the molecule is C[C@H](N)C(=O)Nc1cc(Cl)ccc1C(=O)N1CCCCC1.Cl. The predicted molar refractivity (Wildman–Crippen MR) is 90.7 cm³/mol. The van der Waals surface area contributed by atoms with Gasteiger partial charge in [0.15, 0.2) is 0 Å². The Bertz CT molecular complexity index is 544. The van der Waals surface area contributed by atoms with Gasteiger partial charge >= 0.3 is 0 Å². The van der Waals surface area contributed by atoms with E-state index in [-0.39, 0.29) is 24.2 Å². The number of carbonyl (C=O) groups is 2. The molecule has 0 aromatic heterocycles. The van der Waals surface area contributed by atoms with E-state index in [1.165, 1.54) is 0 Å². The number of anilines is 1. The number of nitrogens with two attached hydrogens (primary N) is 1. The lowest BCUT2D eigenvalue weighted by Crippen LogP contribution is -2.37. The molecule has 1 atom stereocenters. The van der Waals surface area contributed by atoms with Gasteiger partial charge in [0.1, 0.15) is 0 Å². The average molecular weight is 346 g/mol. The van der Waals surface area contributed by atoms with Gasteiger partial charge < -0.3 is 16.0 Å². The lowest BCUT2D eigenvalue weighted by atomic mass is 10.1. The van der Waals surface area contributed by atoms with Gasteiger partial charge in [-0.3, -0.25) is 9.59 Å². The number of carbonyl (C=O) groups excluding carboxylic acids is 2. The van der Waals surface area contributed by atoms with Crippen molar-refractivity contribution in [2.24, 2.45) is 5.73 Å². The molecule has 5 nitrogen and oxygen atoms in total. The van der Waals surface area contributed by atoms with Crippen LogP contribution in [0.5, 0.6) is 0 Å². The van der Waals surface area contributed by atoms with E-state index in [2.05, 4.69) is 5.32 Å². The van der Waals surface area contributed by atoms with Crippen LogP contribution in [0.2, 0.25) is 5.02 Å². The molecule has 1 heterocycles. The number of rotatable bonds is 3. The molecule has 2 rings (SSSR count). The Kier molecular flexibility index (Phi) is 7.13. The van der Waals surface area contributed by atoms with Crippen LogP contribution < -0.4 is 11.1 Å². The first-order chi connectivity index (χ1) is 9.99. The monoisotopic (exact) mass is 345 g/mol. The smallest absolute Gasteiger partial charge is 0.255 e. The molecule has 0 aliphatic carbocycles. The molecule has 1 fully saturated rings. The molecule has 0 saturated carbocycles. The van der Waals surface area contributed by atoms with Crippen molar-refractivity contribution < 1.29 is 9.59 Å². The summed E-state index contributed by atoms with van der Waals surface area (Å²) in [6.45, 7) is 3.09. The van der Waals surface area contributed by atoms with Gasteiger partial charge in [0.05, 0.1) is 17.3 Å². The summed E-state index contributed by atoms with van der Waals surface area (Å²) < 4.78 is 0. The van der Waals surface area contributed by atoms with Crippen molar-refractivity contribution >= 4 is 41.5 Å². The maximum atomic E-state index is 12.6. The van der Waals surface area contributed by atoms with E-state index in [1.54, 1.807) is 25.1 Å². The summed E-state index contributed by atoms with van der Waals surface area (Å²) in [6, 6.07) is 4.23. The molecular formula is C15H21Cl2N3O2. The summed E-state index contributed by atoms with van der Waals surface area (Å²) in [7, 11) is 0. The van der Waals surface area contributed by atoms with Crippen molar-refractivity contribution in [3.05, 3.63) is 28.8 Å². The number of halogens is 2. The lowest BCUT2D eigenvalue weighted by molar-refractivity contribution is -0.117. The molecular weight excluding hydrogens is 325 g/mol. The fourth-order valence-corrected chi connectivity index (χ4v) is 2.49. The van der Waals surface area contributed by atoms with Crippen LogP contribution in [0, 0.1) is 0 Å². The van der Waals surface area contributed by atoms with Gasteiger partial charge in [-0.1, -0.05) is 11.6 Å². The first-order valence-corrected chi connectivity index (χ1v) is 7.52. The number of likely N-dealkylation sites (tertiary alicyclic amines) is 1. The van der Waals surface area contributed by atoms with Gasteiger partial charge in [0.25, 0.3) is 5.91 Å². The van der Waals surface area contributed by atoms with Crippen LogP contribution >= 0.6 is 24.0 Å². The summed E-state index contributed by atoms with van der Waals surface area (Å²) in [6.07, 6.45) is 3.18. The zero-order valence-corrected chi connectivity index (χ0v) is 14.0. The molecule has 1 saturated heterocycles. The quantitative estimate of drug-likeness (QED) is 0.884. The molecule has 3 N–H and O–H groups in total. The minimum atomic E-state index is -0.651. The maximum absolute atomic E-state index is 12.6. The topological polar surface area (TPSA) is 75.4 Å². The van der Waals surface area contributed by atoms with Crippen molar-refractivity contribution in [2.75, 3.05) is 18.4 Å². The fourth-order valence-electron chi connectivity index (χ4n) is 2.32. The second-order valence-corrected chi connectivity index (χ2v) is 5.76. The van der Waals surface area contributed by atoms with Gasteiger partial charge in [-0.05, 0) is 44.4 Å². The molecule has 0 bridgehead atoms. The van der Waals surface area contributed by atoms with Gasteiger partial charge in [0, 0.05) is 18.1 Å². The number of piperidine rings is 1. The third-order valence-electron chi connectivity index (χ3n) is 3.53. The van der Waals surface area contributed by atoms with E-state index in [4.69, 9.17) is 17.3 Å². The highest BCUT2D eigenvalue weighted by atomic mass is 35.5. The molecule has 0 radical (unpaired) electrons. The van der Waals surface area contributed by atoms with Crippen LogP contribution in [0.4, 0.5) is 5.69 Å². The zero-order valence-electron chi connectivity index (χ0n) is 12.5. The third-order valence-corrected chi connectivity index (χ3v) is 3.76. The van der Waals surface area contributed by atoms with Gasteiger partial charge in [-0.25, -0.2) is 0 Å². The molecule has 0 unspecified atom stereocenters. The largest absolute Gasteiger partial charge is 0.339 e. The van der Waals surface area contributed by atoms with Crippen LogP contribution in [-0.2, 0) is 4.79 Å². The van der Waals surface area contributed by atoms with E-state index in [9.17, 15) is 9.59 Å². The van der Waals surface area contributed by atoms with Crippen molar-refractivity contribution in [3.63, 3.8) is 0 Å². The van der Waals surface area contributed by atoms with Crippen molar-refractivity contribution in [2.45, 2.75) is 32.2 Å². The molecule has 0 spiro atoms. The number of nitrogens with zero attached hydrogens (tertiary/aromatic N) is 1. The van der Waals surface area contributed by atoms with Crippen molar-refractivity contribution in [1.82, 2.24) is 4.90 Å². The Morgan fingerprint density at radius 1 is 1.27 bits per heavy atom. The van der Waals surface area contributed by atoms with Crippen molar-refractivity contribution in [3.8, 4) is 0 Å². The summed E-state index contributed by atoms with van der Waals surface area (Å²) in [5.41, 5.74) is 6.42. The van der Waals surface area contributed by atoms with Crippen LogP contribution in [0.25, 0.3) is 0 Å². The number of hydrogen-bond acceptors (Lipinski definition) is 3. The summed E-state index contributed by atoms with van der Waals surface area (Å²) in [5, 5.41) is 3.14. The third kappa shape index (κ3) is 4.60. The zero-order chi connectivity index (χ0) is 15.4. The molecule has 1 aliphatic rings. The minimum Gasteiger partial charge on any atom is -0.339 e. The van der Waals surface area contributed by atoms with E-state index in [1.807, 2.05) is 4.90 Å². The summed E-state index contributed by atoms with van der Waals surface area (Å²) >= 11 is 5.96. The number of benzene rings is 1. The Morgan fingerprint density at radius 2 is 1.91 bits per heavy atom. The highest BCUT2D eigenvalue weighted by Crippen LogP contribution is 2.24. The van der Waals surface area contributed by atoms with E-state index in [0.717, 1.165) is 32.4 Å². The highest BCUT2D eigenvalue weighted by molar-refractivity contribution is 6.31. The van der Waals surface area contributed by atoms with E-state index < -0.39 is 6.04 Å². The Morgan fingerprint density at radius 3 is 2.50 bits per heavy atom. The lowest BCUT2D eigenvalue weighted by Gasteiger charge is -2.27. The Hall–Kier alpha value is -1.30. The Labute approximate surface area is 141 Å². The van der Waals surface area contributed by atoms with Crippen LogP contribution in [0.3, 0.4) is 0 Å². The second-order valence-electron chi connectivity index (χ2n) is 5.32. The van der Waals surface area contributed by atoms with E-state index >= 15 is 0 Å². The molecule has 22 heavy (non-hydrogen) atoms. The summed E-state index contributed by atoms with van der Waals surface area (Å²) in [5.74, 6) is -0.420. The molecule has 1 aliphatic heterocycles. The van der Waals surface area contributed by atoms with Crippen LogP contribution in [0.1, 0.15) is 36.5 Å². The highest BCUT2D eigenvalue weighted by Gasteiger charge is 2.22. The Balaban J connectivity index is 0.00000242. The number of hydrogen-bond donors (Lipinski definition) is 2. The molecule has 2 amide bonds. The predicted octanol–water partition coefficient (Wildman–Crippen LogP) is 2.67. The van der Waals surface area contributed by atoms with E-state index in [0.29, 0.717) is 16.3 Å². The number of amides is 2. The molecule has 7 heteroatoms. The number of nitrogens with one attached hydrogen (secondary N) is 1. The molecule has 1 aromatic carbocycles. The minimum absolute atomic E-state index is 0. The van der Waals surface area contributed by atoms with Gasteiger partial charge in [-0.15, -0.1) is 12.4 Å². The van der Waals surface area contributed by atoms with Gasteiger partial charge in [-0.2, -0.15) is 0 Å². The molecule has 1 aromatic rings. The molecule has 122 valence electrons. The van der Waals surface area contributed by atoms with Crippen LogP contribution in [-0.4, -0.2) is 35.8 Å². The van der Waals surface area contributed by atoms with Crippen LogP contribution in [0.15, 0.2) is 18.2 Å². The van der Waals surface area contributed by atoms with Gasteiger partial charge in [0.2, 0.25) is 5.91 Å². The maximum Gasteiger partial charge on any atom is 0.255 e. The van der Waals surface area contributed by atoms with Crippen molar-refractivity contribution in [1.29, 1.82) is 0 Å². The first kappa shape index (κ1) is 18.7. The average Bonchev–Trinajstić information content (AvgIpc) is 2.47.